The molecule has 1 heterocycles. The fourth-order valence-corrected chi connectivity index (χ4v) is 1.40. The van der Waals surface area contributed by atoms with E-state index in [-0.39, 0.29) is 17.4 Å². The Hall–Kier alpha value is -2.18. The highest BCUT2D eigenvalue weighted by Crippen LogP contribution is 2.22. The van der Waals surface area contributed by atoms with Gasteiger partial charge >= 0.3 is 5.69 Å². The van der Waals surface area contributed by atoms with E-state index in [9.17, 15) is 14.9 Å². The Bertz CT molecular complexity index is 462. The van der Waals surface area contributed by atoms with Gasteiger partial charge in [-0.25, -0.2) is 4.98 Å². The second kappa shape index (κ2) is 5.95. The number of nitrogens with one attached hydrogen (secondary N) is 2. The van der Waals surface area contributed by atoms with E-state index in [4.69, 9.17) is 0 Å². The molecule has 0 aromatic carbocycles. The van der Waals surface area contributed by atoms with Crippen LogP contribution in [0, 0.1) is 17.0 Å². The molecule has 0 aliphatic heterocycles. The molecule has 98 valence electrons. The first-order valence-corrected chi connectivity index (χ1v) is 5.62. The van der Waals surface area contributed by atoms with Crippen molar-refractivity contribution >= 4 is 17.4 Å². The predicted molar refractivity (Wildman–Crippen MR) is 67.4 cm³/mol. The summed E-state index contributed by atoms with van der Waals surface area (Å²) >= 11 is 0. The summed E-state index contributed by atoms with van der Waals surface area (Å²) in [5.74, 6) is -0.117. The van der Waals surface area contributed by atoms with E-state index in [0.29, 0.717) is 12.2 Å². The van der Waals surface area contributed by atoms with Crippen molar-refractivity contribution in [2.45, 2.75) is 26.8 Å². The number of aromatic nitrogens is 1. The van der Waals surface area contributed by atoms with Gasteiger partial charge in [0, 0.05) is 18.3 Å². The first-order chi connectivity index (χ1) is 8.45. The molecule has 1 amide bonds. The largest absolute Gasteiger partial charge is 0.355 e. The topological polar surface area (TPSA) is 97.2 Å². The quantitative estimate of drug-likeness (QED) is 0.607. The molecular weight excluding hydrogens is 236 g/mol. The van der Waals surface area contributed by atoms with Gasteiger partial charge in [-0.3, -0.25) is 14.9 Å². The summed E-state index contributed by atoms with van der Waals surface area (Å²) < 4.78 is 0. The SMILES string of the molecule is CCNC(=O)C(C)Nc1nc(C)ccc1[N+](=O)[O-]. The van der Waals surface area contributed by atoms with E-state index < -0.39 is 11.0 Å². The Labute approximate surface area is 105 Å². The number of hydrogen-bond acceptors (Lipinski definition) is 5. The van der Waals surface area contributed by atoms with Crippen molar-refractivity contribution in [1.82, 2.24) is 10.3 Å². The van der Waals surface area contributed by atoms with Crippen LogP contribution >= 0.6 is 0 Å². The van der Waals surface area contributed by atoms with Crippen molar-refractivity contribution < 1.29 is 9.72 Å². The zero-order chi connectivity index (χ0) is 13.7. The number of carbonyl (C=O) groups is 1. The van der Waals surface area contributed by atoms with Crippen LogP contribution in [-0.4, -0.2) is 28.4 Å². The van der Waals surface area contributed by atoms with Crippen LogP contribution in [0.1, 0.15) is 19.5 Å². The van der Waals surface area contributed by atoms with Crippen LogP contribution in [0.15, 0.2) is 12.1 Å². The smallest absolute Gasteiger partial charge is 0.311 e. The molecule has 0 saturated heterocycles. The number of hydrogen-bond donors (Lipinski definition) is 2. The standard InChI is InChI=1S/C11H16N4O3/c1-4-12-11(16)8(3)14-10-9(15(17)18)6-5-7(2)13-10/h5-6,8H,4H2,1-3H3,(H,12,16)(H,13,14). The molecule has 7 heteroatoms. The highest BCUT2D eigenvalue weighted by atomic mass is 16.6. The number of amides is 1. The van der Waals surface area contributed by atoms with E-state index in [2.05, 4.69) is 15.6 Å². The molecule has 0 spiro atoms. The summed E-state index contributed by atoms with van der Waals surface area (Å²) in [6.45, 7) is 5.66. The zero-order valence-corrected chi connectivity index (χ0v) is 10.6. The minimum absolute atomic E-state index is 0.110. The van der Waals surface area contributed by atoms with Crippen molar-refractivity contribution in [2.24, 2.45) is 0 Å². The van der Waals surface area contributed by atoms with Crippen LogP contribution in [0.4, 0.5) is 11.5 Å². The van der Waals surface area contributed by atoms with E-state index in [0.717, 1.165) is 0 Å². The third-order valence-corrected chi connectivity index (χ3v) is 2.31. The molecular formula is C11H16N4O3. The minimum atomic E-state index is -0.585. The lowest BCUT2D eigenvalue weighted by Crippen LogP contribution is -2.37. The number of likely N-dealkylation sites (N-methyl/N-ethyl adjacent to an activating group) is 1. The summed E-state index contributed by atoms with van der Waals surface area (Å²) in [5.41, 5.74) is 0.503. The number of rotatable bonds is 5. The van der Waals surface area contributed by atoms with Gasteiger partial charge in [0.05, 0.1) is 4.92 Å². The van der Waals surface area contributed by atoms with Gasteiger partial charge in [-0.15, -0.1) is 0 Å². The molecule has 1 atom stereocenters. The van der Waals surface area contributed by atoms with Gasteiger partial charge in [-0.1, -0.05) is 0 Å². The van der Waals surface area contributed by atoms with Crippen molar-refractivity contribution in [3.8, 4) is 0 Å². The van der Waals surface area contributed by atoms with Crippen LogP contribution in [0.25, 0.3) is 0 Å². The number of pyridine rings is 1. The average molecular weight is 252 g/mol. The van der Waals surface area contributed by atoms with E-state index in [1.807, 2.05) is 0 Å². The molecule has 1 rings (SSSR count). The van der Waals surface area contributed by atoms with Gasteiger partial charge in [0.25, 0.3) is 0 Å². The van der Waals surface area contributed by atoms with E-state index >= 15 is 0 Å². The Morgan fingerprint density at radius 2 is 2.22 bits per heavy atom. The molecule has 0 bridgehead atoms. The number of nitrogens with zero attached hydrogens (tertiary/aromatic N) is 2. The van der Waals surface area contributed by atoms with Crippen LogP contribution in [0.5, 0.6) is 0 Å². The molecule has 0 saturated carbocycles. The third-order valence-electron chi connectivity index (χ3n) is 2.31. The Kier molecular flexibility index (Phi) is 4.59. The average Bonchev–Trinajstić information content (AvgIpc) is 2.28. The second-order valence-corrected chi connectivity index (χ2v) is 3.84. The molecule has 2 N–H and O–H groups in total. The minimum Gasteiger partial charge on any atom is -0.355 e. The summed E-state index contributed by atoms with van der Waals surface area (Å²) in [5, 5.41) is 16.2. The number of aryl methyl sites for hydroxylation is 1. The van der Waals surface area contributed by atoms with Crippen molar-refractivity contribution in [1.29, 1.82) is 0 Å². The molecule has 7 nitrogen and oxygen atoms in total. The highest BCUT2D eigenvalue weighted by molar-refractivity contribution is 5.84. The Morgan fingerprint density at radius 1 is 1.56 bits per heavy atom. The Morgan fingerprint density at radius 3 is 2.78 bits per heavy atom. The molecule has 0 aliphatic carbocycles. The lowest BCUT2D eigenvalue weighted by Gasteiger charge is -2.14. The molecule has 1 aromatic rings. The normalized spacial score (nSPS) is 11.7. The maximum absolute atomic E-state index is 11.5. The van der Waals surface area contributed by atoms with Gasteiger partial charge in [0.15, 0.2) is 0 Å². The summed E-state index contributed by atoms with van der Waals surface area (Å²) in [4.78, 5) is 25.9. The van der Waals surface area contributed by atoms with Crippen LogP contribution < -0.4 is 10.6 Å². The molecule has 1 unspecified atom stereocenters. The van der Waals surface area contributed by atoms with Gasteiger partial charge < -0.3 is 10.6 Å². The van der Waals surface area contributed by atoms with Gasteiger partial charge in [0.1, 0.15) is 6.04 Å². The fraction of sp³-hybridized carbons (Fsp3) is 0.455. The Balaban J connectivity index is 2.92. The number of nitro groups is 1. The van der Waals surface area contributed by atoms with Gasteiger partial charge in [-0.05, 0) is 26.8 Å². The lowest BCUT2D eigenvalue weighted by molar-refractivity contribution is -0.384. The van der Waals surface area contributed by atoms with Crippen molar-refractivity contribution in [3.63, 3.8) is 0 Å². The monoisotopic (exact) mass is 252 g/mol. The lowest BCUT2D eigenvalue weighted by atomic mass is 10.2. The third kappa shape index (κ3) is 3.41. The first kappa shape index (κ1) is 13.9. The summed E-state index contributed by atoms with van der Waals surface area (Å²) in [6, 6.07) is 2.34. The predicted octanol–water partition coefficient (Wildman–Crippen LogP) is 1.23. The van der Waals surface area contributed by atoms with Crippen LogP contribution in [0.2, 0.25) is 0 Å². The summed E-state index contributed by atoms with van der Waals surface area (Å²) in [7, 11) is 0. The van der Waals surface area contributed by atoms with Crippen LogP contribution in [0.3, 0.4) is 0 Å². The highest BCUT2D eigenvalue weighted by Gasteiger charge is 2.19. The van der Waals surface area contributed by atoms with Crippen molar-refractivity contribution in [2.75, 3.05) is 11.9 Å². The second-order valence-electron chi connectivity index (χ2n) is 3.84. The van der Waals surface area contributed by atoms with Gasteiger partial charge in [-0.2, -0.15) is 0 Å². The zero-order valence-electron chi connectivity index (χ0n) is 10.6. The van der Waals surface area contributed by atoms with E-state index in [1.165, 1.54) is 6.07 Å². The van der Waals surface area contributed by atoms with Crippen molar-refractivity contribution in [3.05, 3.63) is 27.9 Å². The molecule has 1 aromatic heterocycles. The molecule has 0 fully saturated rings. The first-order valence-electron chi connectivity index (χ1n) is 5.62. The molecule has 18 heavy (non-hydrogen) atoms. The fourth-order valence-electron chi connectivity index (χ4n) is 1.40. The van der Waals surface area contributed by atoms with E-state index in [1.54, 1.807) is 26.8 Å². The molecule has 0 aliphatic rings. The summed E-state index contributed by atoms with van der Waals surface area (Å²) in [6.07, 6.45) is 0. The number of anilines is 1. The van der Waals surface area contributed by atoms with Gasteiger partial charge in [0.2, 0.25) is 11.7 Å². The maximum atomic E-state index is 11.5. The van der Waals surface area contributed by atoms with Crippen LogP contribution in [-0.2, 0) is 4.79 Å². The number of carbonyl (C=O) groups excluding carboxylic acids is 1. The maximum Gasteiger partial charge on any atom is 0.311 e. The molecule has 0 radical (unpaired) electrons.